The highest BCUT2D eigenvalue weighted by Gasteiger charge is 2.14. The summed E-state index contributed by atoms with van der Waals surface area (Å²) in [5, 5.41) is 2.40. The van der Waals surface area contributed by atoms with Crippen LogP contribution in [0, 0.1) is 5.82 Å². The number of unbranched alkanes of at least 4 members (excludes halogenated alkanes) is 3. The van der Waals surface area contributed by atoms with E-state index < -0.39 is 0 Å². The predicted octanol–water partition coefficient (Wildman–Crippen LogP) is 7.10. The number of aryl methyl sites for hydroxylation is 1. The van der Waals surface area contributed by atoms with Crippen molar-refractivity contribution in [2.75, 3.05) is 6.61 Å². The summed E-state index contributed by atoms with van der Waals surface area (Å²) in [7, 11) is 2.07. The van der Waals surface area contributed by atoms with E-state index in [9.17, 15) is 4.39 Å². The van der Waals surface area contributed by atoms with Crippen molar-refractivity contribution >= 4 is 21.8 Å². The third kappa shape index (κ3) is 3.37. The van der Waals surface area contributed by atoms with Gasteiger partial charge in [0.25, 0.3) is 0 Å². The van der Waals surface area contributed by atoms with Gasteiger partial charge in [0.1, 0.15) is 0 Å². The minimum atomic E-state index is -0.302. The molecule has 3 aromatic carbocycles. The van der Waals surface area contributed by atoms with E-state index >= 15 is 0 Å². The molecule has 0 saturated carbocycles. The Bertz CT molecular complexity index is 1110. The first-order valence-corrected chi connectivity index (χ1v) is 10.1. The largest absolute Gasteiger partial charge is 0.491 e. The molecule has 1 heterocycles. The fourth-order valence-electron chi connectivity index (χ4n) is 3.97. The molecule has 0 aliphatic carbocycles. The van der Waals surface area contributed by atoms with Crippen LogP contribution in [0.3, 0.4) is 0 Å². The number of rotatable bonds is 7. The summed E-state index contributed by atoms with van der Waals surface area (Å²) in [6, 6.07) is 19.9. The average molecular weight is 375 g/mol. The van der Waals surface area contributed by atoms with Gasteiger partial charge in [0.05, 0.1) is 12.1 Å². The lowest BCUT2D eigenvalue weighted by Gasteiger charge is -2.11. The quantitative estimate of drug-likeness (QED) is 0.314. The van der Waals surface area contributed by atoms with Gasteiger partial charge in [0.15, 0.2) is 11.6 Å². The van der Waals surface area contributed by atoms with Crippen molar-refractivity contribution in [2.45, 2.75) is 32.6 Å². The second-order valence-corrected chi connectivity index (χ2v) is 7.33. The second kappa shape index (κ2) is 8.05. The molecule has 0 radical (unpaired) electrons. The minimum absolute atomic E-state index is 0.302. The molecule has 0 atom stereocenters. The van der Waals surface area contributed by atoms with E-state index in [-0.39, 0.29) is 5.82 Å². The standard InChI is InChI=1S/C25H26FNO/c1-3-4-5-8-16-28-24-15-14-18(17-22(24)26)19-11-9-12-21-20-10-6-7-13-23(20)27(2)25(19)21/h6-7,9-15,17H,3-5,8,16H2,1-2H3. The Morgan fingerprint density at radius 2 is 1.71 bits per heavy atom. The molecule has 0 aliphatic rings. The van der Waals surface area contributed by atoms with Crippen LogP contribution in [0.15, 0.2) is 60.7 Å². The van der Waals surface area contributed by atoms with Gasteiger partial charge in [-0.3, -0.25) is 0 Å². The van der Waals surface area contributed by atoms with Crippen molar-refractivity contribution in [1.29, 1.82) is 0 Å². The fraction of sp³-hybridized carbons (Fsp3) is 0.280. The molecule has 4 aromatic rings. The molecular formula is C25H26FNO. The molecule has 144 valence electrons. The zero-order valence-electron chi connectivity index (χ0n) is 16.5. The third-order valence-electron chi connectivity index (χ3n) is 5.43. The number of aromatic nitrogens is 1. The Hall–Kier alpha value is -2.81. The Morgan fingerprint density at radius 1 is 0.893 bits per heavy atom. The molecule has 3 heteroatoms. The lowest BCUT2D eigenvalue weighted by molar-refractivity contribution is 0.290. The van der Waals surface area contributed by atoms with E-state index in [0.717, 1.165) is 29.5 Å². The SMILES string of the molecule is CCCCCCOc1ccc(-c2cccc3c4ccccc4n(C)c23)cc1F. The molecule has 0 saturated heterocycles. The van der Waals surface area contributed by atoms with Crippen molar-refractivity contribution in [1.82, 2.24) is 4.57 Å². The number of nitrogens with zero attached hydrogens (tertiary/aromatic N) is 1. The molecule has 2 nitrogen and oxygen atoms in total. The van der Waals surface area contributed by atoms with E-state index in [4.69, 9.17) is 4.74 Å². The van der Waals surface area contributed by atoms with E-state index in [1.165, 1.54) is 29.1 Å². The van der Waals surface area contributed by atoms with E-state index in [0.29, 0.717) is 12.4 Å². The van der Waals surface area contributed by atoms with Crippen molar-refractivity contribution in [3.05, 3.63) is 66.5 Å². The number of fused-ring (bicyclic) bond motifs is 3. The number of hydrogen-bond acceptors (Lipinski definition) is 1. The maximum absolute atomic E-state index is 14.7. The first kappa shape index (κ1) is 18.5. The first-order chi connectivity index (χ1) is 13.7. The highest BCUT2D eigenvalue weighted by Crippen LogP contribution is 2.36. The topological polar surface area (TPSA) is 14.2 Å². The van der Waals surface area contributed by atoms with Gasteiger partial charge in [-0.05, 0) is 30.2 Å². The monoisotopic (exact) mass is 375 g/mol. The summed E-state index contributed by atoms with van der Waals surface area (Å²) in [4.78, 5) is 0. The molecule has 0 bridgehead atoms. The van der Waals surface area contributed by atoms with E-state index in [2.05, 4.69) is 48.9 Å². The summed E-state index contributed by atoms with van der Waals surface area (Å²) in [6.45, 7) is 2.74. The van der Waals surface area contributed by atoms with Gasteiger partial charge in [-0.1, -0.05) is 68.7 Å². The Balaban J connectivity index is 1.68. The molecule has 28 heavy (non-hydrogen) atoms. The molecule has 1 aromatic heterocycles. The van der Waals surface area contributed by atoms with Gasteiger partial charge in [-0.25, -0.2) is 4.39 Å². The molecule has 0 aliphatic heterocycles. The number of hydrogen-bond donors (Lipinski definition) is 0. The van der Waals surface area contributed by atoms with Crippen LogP contribution in [0.2, 0.25) is 0 Å². The number of benzene rings is 3. The van der Waals surface area contributed by atoms with Gasteiger partial charge < -0.3 is 9.30 Å². The summed E-state index contributed by atoms with van der Waals surface area (Å²) >= 11 is 0. The summed E-state index contributed by atoms with van der Waals surface area (Å²) < 4.78 is 22.5. The van der Waals surface area contributed by atoms with Crippen molar-refractivity contribution < 1.29 is 9.13 Å². The maximum atomic E-state index is 14.7. The zero-order valence-corrected chi connectivity index (χ0v) is 16.5. The minimum Gasteiger partial charge on any atom is -0.491 e. The number of para-hydroxylation sites is 2. The summed E-state index contributed by atoms with van der Waals surface area (Å²) in [6.07, 6.45) is 4.46. The first-order valence-electron chi connectivity index (χ1n) is 10.1. The van der Waals surface area contributed by atoms with Crippen LogP contribution in [0.5, 0.6) is 5.75 Å². The van der Waals surface area contributed by atoms with Crippen molar-refractivity contribution in [3.8, 4) is 16.9 Å². The molecule has 0 unspecified atom stereocenters. The van der Waals surface area contributed by atoms with E-state index in [1.807, 2.05) is 18.2 Å². The van der Waals surface area contributed by atoms with Crippen LogP contribution in [0.25, 0.3) is 32.9 Å². The lowest BCUT2D eigenvalue weighted by Crippen LogP contribution is -1.99. The molecule has 0 spiro atoms. The Labute approximate surface area is 165 Å². The summed E-state index contributed by atoms with van der Waals surface area (Å²) in [5.74, 6) is 0.0354. The Morgan fingerprint density at radius 3 is 2.54 bits per heavy atom. The van der Waals surface area contributed by atoms with Gasteiger partial charge in [0, 0.05) is 28.9 Å². The van der Waals surface area contributed by atoms with Gasteiger partial charge >= 0.3 is 0 Å². The Kier molecular flexibility index (Phi) is 5.34. The fourth-order valence-corrected chi connectivity index (χ4v) is 3.97. The van der Waals surface area contributed by atoms with E-state index in [1.54, 1.807) is 12.1 Å². The van der Waals surface area contributed by atoms with Crippen LogP contribution in [-0.4, -0.2) is 11.2 Å². The maximum Gasteiger partial charge on any atom is 0.165 e. The van der Waals surface area contributed by atoms with Crippen LogP contribution in [0.1, 0.15) is 32.6 Å². The normalized spacial score (nSPS) is 11.4. The number of halogens is 1. The molecule has 0 amide bonds. The van der Waals surface area contributed by atoms with Crippen molar-refractivity contribution in [2.24, 2.45) is 7.05 Å². The zero-order chi connectivity index (χ0) is 19.5. The highest BCUT2D eigenvalue weighted by molar-refractivity contribution is 6.12. The molecule has 0 fully saturated rings. The lowest BCUT2D eigenvalue weighted by atomic mass is 10.0. The van der Waals surface area contributed by atoms with Crippen LogP contribution >= 0.6 is 0 Å². The summed E-state index contributed by atoms with van der Waals surface area (Å²) in [5.41, 5.74) is 4.20. The average Bonchev–Trinajstić information content (AvgIpc) is 3.02. The van der Waals surface area contributed by atoms with Crippen molar-refractivity contribution in [3.63, 3.8) is 0 Å². The smallest absolute Gasteiger partial charge is 0.165 e. The highest BCUT2D eigenvalue weighted by atomic mass is 19.1. The molecule has 4 rings (SSSR count). The predicted molar refractivity (Wildman–Crippen MR) is 115 cm³/mol. The van der Waals surface area contributed by atoms with Crippen LogP contribution in [-0.2, 0) is 7.05 Å². The van der Waals surface area contributed by atoms with Crippen LogP contribution in [0.4, 0.5) is 4.39 Å². The number of ether oxygens (including phenoxy) is 1. The van der Waals surface area contributed by atoms with Crippen LogP contribution < -0.4 is 4.74 Å². The van der Waals surface area contributed by atoms with Gasteiger partial charge in [-0.15, -0.1) is 0 Å². The second-order valence-electron chi connectivity index (χ2n) is 7.33. The molecular weight excluding hydrogens is 349 g/mol. The van der Waals surface area contributed by atoms with Gasteiger partial charge in [-0.2, -0.15) is 0 Å². The molecule has 0 N–H and O–H groups in total. The van der Waals surface area contributed by atoms with Gasteiger partial charge in [0.2, 0.25) is 0 Å². The third-order valence-corrected chi connectivity index (χ3v) is 5.43.